The Kier molecular flexibility index (Phi) is 3.04. The molecule has 0 spiro atoms. The molecule has 0 N–H and O–H groups in total. The second-order valence-corrected chi connectivity index (χ2v) is 3.96. The molecule has 3 rings (SSSR count). The van der Waals surface area contributed by atoms with Crippen LogP contribution < -0.4 is 0 Å². The van der Waals surface area contributed by atoms with Gasteiger partial charge in [0.1, 0.15) is 0 Å². The van der Waals surface area contributed by atoms with Crippen LogP contribution in [0.25, 0.3) is 0 Å². The molecule has 3 heteroatoms. The molecule has 3 aliphatic carbocycles. The molecule has 0 aromatic carbocycles. The van der Waals surface area contributed by atoms with E-state index in [-0.39, 0.29) is 23.6 Å². The van der Waals surface area contributed by atoms with E-state index < -0.39 is 0 Å². The average Bonchev–Trinajstić information content (AvgIpc) is 2.50. The van der Waals surface area contributed by atoms with Gasteiger partial charge in [-0.1, -0.05) is 18.2 Å². The van der Waals surface area contributed by atoms with Crippen molar-refractivity contribution in [2.75, 3.05) is 6.61 Å². The minimum absolute atomic E-state index is 0.0480. The van der Waals surface area contributed by atoms with Gasteiger partial charge in [-0.25, -0.2) is 4.79 Å². The van der Waals surface area contributed by atoms with Crippen LogP contribution in [0.5, 0.6) is 0 Å². The Bertz CT molecular complexity index is 401. The van der Waals surface area contributed by atoms with E-state index >= 15 is 0 Å². The monoisotopic (exact) mass is 218 g/mol. The normalized spacial score (nSPS) is 29.6. The summed E-state index contributed by atoms with van der Waals surface area (Å²) < 4.78 is 4.86. The van der Waals surface area contributed by atoms with Crippen LogP contribution in [0.2, 0.25) is 0 Å². The van der Waals surface area contributed by atoms with Crippen molar-refractivity contribution in [1.82, 2.24) is 0 Å². The highest BCUT2D eigenvalue weighted by Gasteiger charge is 2.27. The van der Waals surface area contributed by atoms with Crippen molar-refractivity contribution in [3.05, 3.63) is 36.0 Å². The van der Waals surface area contributed by atoms with Crippen molar-refractivity contribution in [3.63, 3.8) is 0 Å². The molecule has 0 heterocycles. The van der Waals surface area contributed by atoms with E-state index in [1.54, 1.807) is 13.0 Å². The van der Waals surface area contributed by atoms with Crippen LogP contribution in [-0.2, 0) is 14.3 Å². The van der Waals surface area contributed by atoms with Crippen LogP contribution in [0.3, 0.4) is 0 Å². The maximum Gasteiger partial charge on any atom is 0.330 e. The third-order valence-electron chi connectivity index (χ3n) is 2.83. The van der Waals surface area contributed by atoms with Crippen molar-refractivity contribution in [3.8, 4) is 0 Å². The molecule has 0 aromatic rings. The number of ether oxygens (including phenoxy) is 1. The molecule has 2 bridgehead atoms. The van der Waals surface area contributed by atoms with Gasteiger partial charge in [-0.2, -0.15) is 0 Å². The van der Waals surface area contributed by atoms with Crippen LogP contribution in [0.1, 0.15) is 13.3 Å². The third-order valence-corrected chi connectivity index (χ3v) is 2.83. The summed E-state index contributed by atoms with van der Waals surface area (Å²) in [5.74, 6) is -0.333. The van der Waals surface area contributed by atoms with Gasteiger partial charge in [0.05, 0.1) is 12.5 Å². The zero-order chi connectivity index (χ0) is 11.5. The minimum Gasteiger partial charge on any atom is -0.463 e. The van der Waals surface area contributed by atoms with E-state index in [2.05, 4.69) is 0 Å². The lowest BCUT2D eigenvalue weighted by Gasteiger charge is -2.19. The summed E-state index contributed by atoms with van der Waals surface area (Å²) in [5, 5.41) is 0. The summed E-state index contributed by atoms with van der Waals surface area (Å²) in [5.41, 5.74) is 0.862. The van der Waals surface area contributed by atoms with Crippen LogP contribution in [0, 0.1) is 11.8 Å². The number of rotatable bonds is 2. The first-order chi connectivity index (χ1) is 7.70. The molecule has 0 saturated heterocycles. The number of allylic oxidation sites excluding steroid dienone is 5. The molecule has 0 saturated carbocycles. The number of carbonyl (C=O) groups is 2. The van der Waals surface area contributed by atoms with Gasteiger partial charge >= 0.3 is 5.97 Å². The minimum atomic E-state index is -0.355. The Balaban J connectivity index is 2.22. The van der Waals surface area contributed by atoms with Gasteiger partial charge in [0, 0.05) is 6.08 Å². The maximum atomic E-state index is 11.7. The van der Waals surface area contributed by atoms with E-state index in [1.165, 1.54) is 6.08 Å². The van der Waals surface area contributed by atoms with Crippen LogP contribution in [0.4, 0.5) is 0 Å². The molecule has 16 heavy (non-hydrogen) atoms. The zero-order valence-electron chi connectivity index (χ0n) is 9.18. The Labute approximate surface area is 94.5 Å². The van der Waals surface area contributed by atoms with E-state index in [0.717, 1.165) is 12.0 Å². The van der Waals surface area contributed by atoms with Crippen molar-refractivity contribution in [2.24, 2.45) is 11.8 Å². The van der Waals surface area contributed by atoms with Gasteiger partial charge in [0.15, 0.2) is 5.78 Å². The van der Waals surface area contributed by atoms with Gasteiger partial charge < -0.3 is 4.74 Å². The first-order valence-corrected chi connectivity index (χ1v) is 5.48. The molecule has 3 aliphatic rings. The average molecular weight is 218 g/mol. The smallest absolute Gasteiger partial charge is 0.330 e. The van der Waals surface area contributed by atoms with E-state index in [9.17, 15) is 9.59 Å². The summed E-state index contributed by atoms with van der Waals surface area (Å²) in [4.78, 5) is 23.0. The number of hydrogen-bond donors (Lipinski definition) is 0. The predicted octanol–water partition coefficient (Wildman–Crippen LogP) is 1.81. The first kappa shape index (κ1) is 10.9. The molecule has 0 radical (unpaired) electrons. The summed E-state index contributed by atoms with van der Waals surface area (Å²) >= 11 is 0. The quantitative estimate of drug-likeness (QED) is 0.403. The van der Waals surface area contributed by atoms with Gasteiger partial charge in [0.2, 0.25) is 0 Å². The molecule has 0 aromatic heterocycles. The highest BCUT2D eigenvalue weighted by atomic mass is 16.5. The number of ketones is 1. The molecule has 2 atom stereocenters. The number of carbonyl (C=O) groups excluding carboxylic acids is 2. The molecule has 0 aliphatic heterocycles. The van der Waals surface area contributed by atoms with Crippen molar-refractivity contribution < 1.29 is 14.3 Å². The molecule has 3 nitrogen and oxygen atoms in total. The topological polar surface area (TPSA) is 43.4 Å². The lowest BCUT2D eigenvalue weighted by molar-refractivity contribution is -0.137. The Morgan fingerprint density at radius 3 is 3.06 bits per heavy atom. The molecule has 2 unspecified atom stereocenters. The summed E-state index contributed by atoms with van der Waals surface area (Å²) in [6.45, 7) is 2.13. The summed E-state index contributed by atoms with van der Waals surface area (Å²) in [6.07, 6.45) is 9.61. The second kappa shape index (κ2) is 4.47. The zero-order valence-corrected chi connectivity index (χ0v) is 9.18. The molecular weight excluding hydrogens is 204 g/mol. The van der Waals surface area contributed by atoms with Crippen molar-refractivity contribution in [2.45, 2.75) is 13.3 Å². The van der Waals surface area contributed by atoms with Gasteiger partial charge in [-0.15, -0.1) is 0 Å². The SMILES string of the molecule is CCOC(=O)/C=C1\CC2C=CC(=O)C1C=C2. The Morgan fingerprint density at radius 1 is 1.50 bits per heavy atom. The third kappa shape index (κ3) is 2.13. The fraction of sp³-hybridized carbons (Fsp3) is 0.385. The number of hydrogen-bond acceptors (Lipinski definition) is 3. The largest absolute Gasteiger partial charge is 0.463 e. The highest BCUT2D eigenvalue weighted by Crippen LogP contribution is 2.32. The van der Waals surface area contributed by atoms with Crippen LogP contribution in [0.15, 0.2) is 36.0 Å². The molecule has 0 fully saturated rings. The lowest BCUT2D eigenvalue weighted by Crippen LogP contribution is -2.16. The molecule has 84 valence electrons. The van der Waals surface area contributed by atoms with Crippen molar-refractivity contribution in [1.29, 1.82) is 0 Å². The van der Waals surface area contributed by atoms with E-state index in [1.807, 2.05) is 18.2 Å². The van der Waals surface area contributed by atoms with Crippen LogP contribution in [-0.4, -0.2) is 18.4 Å². The van der Waals surface area contributed by atoms with Gasteiger partial charge in [0.25, 0.3) is 0 Å². The van der Waals surface area contributed by atoms with Crippen molar-refractivity contribution >= 4 is 11.8 Å². The standard InChI is InChI=1S/C13H14O3/c1-2-16-13(15)8-10-7-9-3-5-11(10)12(14)6-4-9/h3-6,8-9,11H,2,7H2,1H3/b10-8+. The summed E-state index contributed by atoms with van der Waals surface area (Å²) in [7, 11) is 0. The van der Waals surface area contributed by atoms with Crippen LogP contribution >= 0.6 is 0 Å². The maximum absolute atomic E-state index is 11.7. The van der Waals surface area contributed by atoms with E-state index in [0.29, 0.717) is 6.61 Å². The molecular formula is C13H14O3. The highest BCUT2D eigenvalue weighted by molar-refractivity contribution is 5.97. The fourth-order valence-corrected chi connectivity index (χ4v) is 2.06. The van der Waals surface area contributed by atoms with Gasteiger partial charge in [-0.05, 0) is 30.9 Å². The Morgan fingerprint density at radius 2 is 2.31 bits per heavy atom. The fourth-order valence-electron chi connectivity index (χ4n) is 2.06. The van der Waals surface area contributed by atoms with Gasteiger partial charge in [-0.3, -0.25) is 4.79 Å². The lowest BCUT2D eigenvalue weighted by atomic mass is 9.84. The predicted molar refractivity (Wildman–Crippen MR) is 59.6 cm³/mol. The number of esters is 1. The summed E-state index contributed by atoms with van der Waals surface area (Å²) in [6, 6.07) is 0. The first-order valence-electron chi connectivity index (χ1n) is 5.48. The van der Waals surface area contributed by atoms with E-state index in [4.69, 9.17) is 4.74 Å². The molecule has 0 amide bonds. The second-order valence-electron chi connectivity index (χ2n) is 3.96. The number of fused-ring (bicyclic) bond motifs is 2. The Hall–Kier alpha value is -1.64.